The van der Waals surface area contributed by atoms with Crippen LogP contribution >= 0.6 is 12.4 Å². The Morgan fingerprint density at radius 1 is 0.478 bits per heavy atom. The molecule has 0 unspecified atom stereocenters. The summed E-state index contributed by atoms with van der Waals surface area (Å²) in [5, 5.41) is 0. The van der Waals surface area contributed by atoms with Crippen molar-refractivity contribution in [3.8, 4) is 0 Å². The lowest BCUT2D eigenvalue weighted by Gasteiger charge is -2.30. The largest absolute Gasteiger partial charge is 0.325 e. The first-order valence-electron chi connectivity index (χ1n) is 10.5. The molecule has 0 bridgehead atoms. The van der Waals surface area contributed by atoms with Crippen LogP contribution < -0.4 is 5.73 Å². The average Bonchev–Trinajstić information content (AvgIpc) is 2.52. The minimum atomic E-state index is 0. The molecule has 0 fully saturated rings. The second-order valence-electron chi connectivity index (χ2n) is 7.50. The van der Waals surface area contributed by atoms with Gasteiger partial charge in [0.2, 0.25) is 0 Å². The molecule has 0 atom stereocenters. The van der Waals surface area contributed by atoms with Gasteiger partial charge in [0.05, 0.1) is 0 Å². The molecule has 0 amide bonds. The molecule has 0 aromatic heterocycles. The fourth-order valence-electron chi connectivity index (χ4n) is 3.44. The van der Waals surface area contributed by atoms with E-state index in [1.54, 1.807) is 0 Å². The molecule has 0 saturated carbocycles. The zero-order chi connectivity index (χ0) is 16.5. The van der Waals surface area contributed by atoms with Crippen molar-refractivity contribution in [1.29, 1.82) is 0 Å². The topological polar surface area (TPSA) is 26.0 Å². The zero-order valence-electron chi connectivity index (χ0n) is 16.5. The molecule has 0 aliphatic heterocycles. The Morgan fingerprint density at radius 2 is 0.739 bits per heavy atom. The number of nitrogens with two attached hydrogens (primary N) is 1. The van der Waals surface area contributed by atoms with E-state index in [1.807, 2.05) is 0 Å². The van der Waals surface area contributed by atoms with Crippen LogP contribution in [-0.4, -0.2) is 5.54 Å². The van der Waals surface area contributed by atoms with Crippen LogP contribution in [0, 0.1) is 0 Å². The normalized spacial score (nSPS) is 11.5. The predicted octanol–water partition coefficient (Wildman–Crippen LogP) is 7.80. The highest BCUT2D eigenvalue weighted by Crippen LogP contribution is 2.26. The van der Waals surface area contributed by atoms with E-state index >= 15 is 0 Å². The Labute approximate surface area is 154 Å². The van der Waals surface area contributed by atoms with E-state index in [2.05, 4.69) is 20.8 Å². The summed E-state index contributed by atoms with van der Waals surface area (Å²) in [5.41, 5.74) is 6.95. The number of halogens is 1. The molecular weight excluding hydrogens is 302 g/mol. The average molecular weight is 348 g/mol. The van der Waals surface area contributed by atoms with Gasteiger partial charge in [0.25, 0.3) is 0 Å². The van der Waals surface area contributed by atoms with E-state index in [9.17, 15) is 0 Å². The van der Waals surface area contributed by atoms with Crippen LogP contribution in [0.15, 0.2) is 0 Å². The van der Waals surface area contributed by atoms with Gasteiger partial charge in [-0.05, 0) is 19.3 Å². The van der Waals surface area contributed by atoms with Crippen molar-refractivity contribution in [2.45, 2.75) is 135 Å². The molecule has 0 spiro atoms. The minimum absolute atomic E-state index is 0. The lowest BCUT2D eigenvalue weighted by Crippen LogP contribution is -2.39. The van der Waals surface area contributed by atoms with Gasteiger partial charge >= 0.3 is 0 Å². The molecule has 1 nitrogen and oxygen atoms in total. The fourth-order valence-corrected chi connectivity index (χ4v) is 3.44. The third kappa shape index (κ3) is 16.9. The van der Waals surface area contributed by atoms with Gasteiger partial charge in [0.1, 0.15) is 0 Å². The van der Waals surface area contributed by atoms with Crippen LogP contribution in [0.5, 0.6) is 0 Å². The third-order valence-electron chi connectivity index (χ3n) is 5.08. The van der Waals surface area contributed by atoms with Crippen LogP contribution in [0.4, 0.5) is 0 Å². The van der Waals surface area contributed by atoms with Crippen LogP contribution in [0.25, 0.3) is 0 Å². The fraction of sp³-hybridized carbons (Fsp3) is 1.00. The maximum Gasteiger partial charge on any atom is 0.0154 e. The van der Waals surface area contributed by atoms with Crippen molar-refractivity contribution in [2.75, 3.05) is 0 Å². The first kappa shape index (κ1) is 25.5. The van der Waals surface area contributed by atoms with Crippen LogP contribution in [0.3, 0.4) is 0 Å². The molecule has 0 heterocycles. The lowest BCUT2D eigenvalue weighted by molar-refractivity contribution is 0.303. The zero-order valence-corrected chi connectivity index (χ0v) is 17.3. The monoisotopic (exact) mass is 347 g/mol. The summed E-state index contributed by atoms with van der Waals surface area (Å²) in [7, 11) is 0. The standard InChI is InChI=1S/C21H45N.ClH/c1-4-7-10-13-14-17-20-21(22,18-15-11-8-5-2)19-16-12-9-6-3;/h4-20,22H2,1-3H3;1H. The van der Waals surface area contributed by atoms with E-state index in [4.69, 9.17) is 5.73 Å². The molecule has 0 rings (SSSR count). The minimum Gasteiger partial charge on any atom is -0.325 e. The molecule has 2 N–H and O–H groups in total. The van der Waals surface area contributed by atoms with Gasteiger partial charge < -0.3 is 5.73 Å². The van der Waals surface area contributed by atoms with Crippen LogP contribution in [0.1, 0.15) is 130 Å². The van der Waals surface area contributed by atoms with E-state index in [0.717, 1.165) is 0 Å². The highest BCUT2D eigenvalue weighted by Gasteiger charge is 2.23. The molecule has 0 aliphatic carbocycles. The molecular formula is C21H46ClN. The summed E-state index contributed by atoms with van der Waals surface area (Å²) in [6.07, 6.45) is 22.9. The Balaban J connectivity index is 0. The van der Waals surface area contributed by atoms with Crippen molar-refractivity contribution in [2.24, 2.45) is 5.73 Å². The van der Waals surface area contributed by atoms with Crippen molar-refractivity contribution in [3.05, 3.63) is 0 Å². The van der Waals surface area contributed by atoms with Crippen LogP contribution in [-0.2, 0) is 0 Å². The summed E-state index contributed by atoms with van der Waals surface area (Å²) < 4.78 is 0. The quantitative estimate of drug-likeness (QED) is 0.267. The molecule has 2 heteroatoms. The van der Waals surface area contributed by atoms with Crippen molar-refractivity contribution < 1.29 is 0 Å². The summed E-state index contributed by atoms with van der Waals surface area (Å²) in [6.45, 7) is 6.87. The summed E-state index contributed by atoms with van der Waals surface area (Å²) in [6, 6.07) is 0. The Kier molecular flexibility index (Phi) is 20.6. The number of rotatable bonds is 17. The first-order valence-corrected chi connectivity index (χ1v) is 10.5. The Morgan fingerprint density at radius 3 is 1.09 bits per heavy atom. The van der Waals surface area contributed by atoms with E-state index < -0.39 is 0 Å². The van der Waals surface area contributed by atoms with Crippen molar-refractivity contribution in [3.63, 3.8) is 0 Å². The SMILES string of the molecule is CCCCCCCCC(N)(CCCCCC)CCCCCC.Cl. The smallest absolute Gasteiger partial charge is 0.0154 e. The highest BCUT2D eigenvalue weighted by molar-refractivity contribution is 5.85. The van der Waals surface area contributed by atoms with E-state index in [1.165, 1.54) is 109 Å². The van der Waals surface area contributed by atoms with E-state index in [0.29, 0.717) is 0 Å². The predicted molar refractivity (Wildman–Crippen MR) is 110 cm³/mol. The Hall–Kier alpha value is 0.250. The number of hydrogen-bond donors (Lipinski definition) is 1. The van der Waals surface area contributed by atoms with Gasteiger partial charge in [0.15, 0.2) is 0 Å². The maximum atomic E-state index is 6.80. The van der Waals surface area contributed by atoms with Crippen molar-refractivity contribution >= 4 is 12.4 Å². The number of hydrogen-bond acceptors (Lipinski definition) is 1. The molecule has 0 radical (unpaired) electrons. The second kappa shape index (κ2) is 18.6. The van der Waals surface area contributed by atoms with Gasteiger partial charge in [-0.2, -0.15) is 0 Å². The van der Waals surface area contributed by atoms with E-state index in [-0.39, 0.29) is 17.9 Å². The molecule has 0 aliphatic rings. The van der Waals surface area contributed by atoms with Gasteiger partial charge in [0, 0.05) is 5.54 Å². The molecule has 0 aromatic carbocycles. The maximum absolute atomic E-state index is 6.80. The summed E-state index contributed by atoms with van der Waals surface area (Å²) >= 11 is 0. The third-order valence-corrected chi connectivity index (χ3v) is 5.08. The summed E-state index contributed by atoms with van der Waals surface area (Å²) in [5.74, 6) is 0. The van der Waals surface area contributed by atoms with Crippen LogP contribution in [0.2, 0.25) is 0 Å². The second-order valence-corrected chi connectivity index (χ2v) is 7.50. The molecule has 0 saturated heterocycles. The first-order chi connectivity index (χ1) is 10.7. The molecule has 23 heavy (non-hydrogen) atoms. The number of unbranched alkanes of at least 4 members (excludes halogenated alkanes) is 11. The van der Waals surface area contributed by atoms with Gasteiger partial charge in [-0.1, -0.05) is 111 Å². The molecule has 142 valence electrons. The lowest BCUT2D eigenvalue weighted by atomic mass is 9.83. The molecule has 0 aromatic rings. The van der Waals surface area contributed by atoms with Gasteiger partial charge in [-0.15, -0.1) is 12.4 Å². The Bertz CT molecular complexity index is 206. The highest BCUT2D eigenvalue weighted by atomic mass is 35.5. The van der Waals surface area contributed by atoms with Gasteiger partial charge in [-0.3, -0.25) is 0 Å². The summed E-state index contributed by atoms with van der Waals surface area (Å²) in [4.78, 5) is 0. The van der Waals surface area contributed by atoms with Gasteiger partial charge in [-0.25, -0.2) is 0 Å². The van der Waals surface area contributed by atoms with Crippen molar-refractivity contribution in [1.82, 2.24) is 0 Å².